The van der Waals surface area contributed by atoms with Crippen LogP contribution in [0, 0.1) is 0 Å². The predicted molar refractivity (Wildman–Crippen MR) is 119 cm³/mol. The second kappa shape index (κ2) is 9.54. The van der Waals surface area contributed by atoms with E-state index in [4.69, 9.17) is 0 Å². The molecule has 1 aromatic heterocycles. The van der Waals surface area contributed by atoms with Crippen LogP contribution in [-0.2, 0) is 11.2 Å². The number of allylic oxidation sites excluding steroid dienone is 1. The first-order valence-electron chi connectivity index (χ1n) is 11.0. The molecule has 1 aromatic carbocycles. The molecule has 0 unspecified atom stereocenters. The van der Waals surface area contributed by atoms with Gasteiger partial charge in [0, 0.05) is 43.5 Å². The normalized spacial score (nSPS) is 24.7. The molecule has 4 rings (SSSR count). The molecule has 5 heteroatoms. The third-order valence-corrected chi connectivity index (χ3v) is 6.48. The van der Waals surface area contributed by atoms with E-state index in [1.54, 1.807) is 12.4 Å². The van der Waals surface area contributed by atoms with E-state index < -0.39 is 0 Å². The van der Waals surface area contributed by atoms with Crippen molar-refractivity contribution < 1.29 is 9.90 Å². The standard InChI is InChI=1S/C25H31N3O2/c1-2-6-19-8-10-21(11-9-19)25-22-17-27(13-3-4-14-28(22)23(25)18-29)24(30)15-20-7-5-12-26-16-20/h2,5-12,16,22-23,25,29H,3-4,13-15,17-18H2,1H3/t22-,23-,25-/m1/s1. The maximum Gasteiger partial charge on any atom is 0.227 e. The summed E-state index contributed by atoms with van der Waals surface area (Å²) in [5.74, 6) is 0.418. The number of fused-ring (bicyclic) bond motifs is 1. The Morgan fingerprint density at radius 3 is 2.70 bits per heavy atom. The molecular formula is C25H31N3O2. The van der Waals surface area contributed by atoms with Crippen molar-refractivity contribution in [2.24, 2.45) is 0 Å². The molecule has 0 saturated carbocycles. The fourth-order valence-electron chi connectivity index (χ4n) is 4.98. The maximum absolute atomic E-state index is 13.0. The maximum atomic E-state index is 13.0. The van der Waals surface area contributed by atoms with Crippen LogP contribution in [0.3, 0.4) is 0 Å². The number of pyridine rings is 1. The third-order valence-electron chi connectivity index (χ3n) is 6.48. The monoisotopic (exact) mass is 405 g/mol. The van der Waals surface area contributed by atoms with Crippen LogP contribution in [0.25, 0.3) is 6.08 Å². The molecular weight excluding hydrogens is 374 g/mol. The average molecular weight is 406 g/mol. The summed E-state index contributed by atoms with van der Waals surface area (Å²) >= 11 is 0. The molecule has 2 fully saturated rings. The largest absolute Gasteiger partial charge is 0.395 e. The zero-order valence-corrected chi connectivity index (χ0v) is 17.7. The molecule has 0 radical (unpaired) electrons. The van der Waals surface area contributed by atoms with Gasteiger partial charge in [-0.15, -0.1) is 0 Å². The number of carbonyl (C=O) groups is 1. The number of nitrogens with zero attached hydrogens (tertiary/aromatic N) is 3. The SMILES string of the molecule is CC=Cc1ccc([C@H]2[C@@H](CO)N3CCCCN(C(=O)Cc4cccnc4)C[C@H]23)cc1. The van der Waals surface area contributed by atoms with Crippen LogP contribution in [0.1, 0.15) is 42.4 Å². The first kappa shape index (κ1) is 20.8. The Hall–Kier alpha value is -2.50. The summed E-state index contributed by atoms with van der Waals surface area (Å²) in [5, 5.41) is 10.1. The smallest absolute Gasteiger partial charge is 0.227 e. The van der Waals surface area contributed by atoms with Crippen molar-refractivity contribution in [1.29, 1.82) is 0 Å². The molecule has 0 bridgehead atoms. The molecule has 3 heterocycles. The van der Waals surface area contributed by atoms with Crippen LogP contribution in [0.5, 0.6) is 0 Å². The number of aliphatic hydroxyl groups excluding tert-OH is 1. The number of hydrogen-bond acceptors (Lipinski definition) is 4. The summed E-state index contributed by atoms with van der Waals surface area (Å²) in [6, 6.07) is 12.9. The molecule has 0 spiro atoms. The number of aromatic nitrogens is 1. The Morgan fingerprint density at radius 2 is 2.00 bits per heavy atom. The van der Waals surface area contributed by atoms with Gasteiger partial charge in [0.2, 0.25) is 5.91 Å². The van der Waals surface area contributed by atoms with Crippen molar-refractivity contribution in [2.45, 2.75) is 44.2 Å². The van der Waals surface area contributed by atoms with Gasteiger partial charge in [-0.05, 0) is 49.1 Å². The summed E-state index contributed by atoms with van der Waals surface area (Å²) in [5.41, 5.74) is 3.40. The van der Waals surface area contributed by atoms with Gasteiger partial charge in [-0.25, -0.2) is 0 Å². The van der Waals surface area contributed by atoms with Crippen molar-refractivity contribution in [3.63, 3.8) is 0 Å². The minimum atomic E-state index is 0.135. The van der Waals surface area contributed by atoms with Crippen molar-refractivity contribution >= 4 is 12.0 Å². The van der Waals surface area contributed by atoms with E-state index in [1.807, 2.05) is 30.0 Å². The Labute approximate surface area is 179 Å². The fourth-order valence-corrected chi connectivity index (χ4v) is 4.98. The van der Waals surface area contributed by atoms with Gasteiger partial charge in [0.1, 0.15) is 0 Å². The van der Waals surface area contributed by atoms with E-state index in [-0.39, 0.29) is 30.5 Å². The van der Waals surface area contributed by atoms with E-state index in [9.17, 15) is 9.90 Å². The summed E-state index contributed by atoms with van der Waals surface area (Å²) in [6.45, 7) is 4.69. The molecule has 3 atom stereocenters. The number of benzene rings is 1. The van der Waals surface area contributed by atoms with Gasteiger partial charge in [0.15, 0.2) is 0 Å². The van der Waals surface area contributed by atoms with Gasteiger partial charge in [0.05, 0.1) is 13.0 Å². The molecule has 2 saturated heterocycles. The van der Waals surface area contributed by atoms with Crippen LogP contribution in [0.15, 0.2) is 54.9 Å². The van der Waals surface area contributed by atoms with Crippen LogP contribution in [0.2, 0.25) is 0 Å². The van der Waals surface area contributed by atoms with Gasteiger partial charge < -0.3 is 10.0 Å². The van der Waals surface area contributed by atoms with E-state index in [1.165, 1.54) is 11.1 Å². The van der Waals surface area contributed by atoms with Crippen LogP contribution < -0.4 is 0 Å². The molecule has 2 aliphatic heterocycles. The first-order valence-corrected chi connectivity index (χ1v) is 11.0. The second-order valence-corrected chi connectivity index (χ2v) is 8.33. The van der Waals surface area contributed by atoms with Gasteiger partial charge in [0.25, 0.3) is 0 Å². The second-order valence-electron chi connectivity index (χ2n) is 8.33. The molecule has 2 aliphatic rings. The lowest BCUT2D eigenvalue weighted by atomic mass is 9.74. The van der Waals surface area contributed by atoms with Crippen LogP contribution >= 0.6 is 0 Å². The van der Waals surface area contributed by atoms with Crippen molar-refractivity contribution in [3.05, 3.63) is 71.6 Å². The summed E-state index contributed by atoms with van der Waals surface area (Å²) in [4.78, 5) is 21.6. The Balaban J connectivity index is 1.52. The highest BCUT2D eigenvalue weighted by Gasteiger charge is 2.49. The quantitative estimate of drug-likeness (QED) is 0.831. The third kappa shape index (κ3) is 4.32. The van der Waals surface area contributed by atoms with Crippen LogP contribution in [-0.4, -0.2) is 64.1 Å². The lowest BCUT2D eigenvalue weighted by Gasteiger charge is -2.57. The van der Waals surface area contributed by atoms with E-state index in [0.29, 0.717) is 6.42 Å². The molecule has 1 amide bonds. The average Bonchev–Trinajstić information content (AvgIpc) is 2.74. The number of aliphatic hydroxyl groups is 1. The lowest BCUT2D eigenvalue weighted by Crippen LogP contribution is -2.68. The highest BCUT2D eigenvalue weighted by molar-refractivity contribution is 5.78. The Kier molecular flexibility index (Phi) is 6.60. The predicted octanol–water partition coefficient (Wildman–Crippen LogP) is 3.11. The van der Waals surface area contributed by atoms with Gasteiger partial charge in [-0.2, -0.15) is 0 Å². The molecule has 30 heavy (non-hydrogen) atoms. The van der Waals surface area contributed by atoms with Crippen LogP contribution in [0.4, 0.5) is 0 Å². The summed E-state index contributed by atoms with van der Waals surface area (Å²) in [6.07, 6.45) is 10.1. The number of carbonyl (C=O) groups excluding carboxylic acids is 1. The zero-order valence-electron chi connectivity index (χ0n) is 17.7. The molecule has 5 nitrogen and oxygen atoms in total. The minimum Gasteiger partial charge on any atom is -0.395 e. The Bertz CT molecular complexity index is 866. The Morgan fingerprint density at radius 1 is 1.20 bits per heavy atom. The number of hydrogen-bond donors (Lipinski definition) is 1. The van der Waals surface area contributed by atoms with E-state index in [0.717, 1.165) is 38.0 Å². The van der Waals surface area contributed by atoms with Crippen molar-refractivity contribution in [3.8, 4) is 0 Å². The molecule has 0 aliphatic carbocycles. The number of rotatable bonds is 5. The minimum absolute atomic E-state index is 0.135. The van der Waals surface area contributed by atoms with Gasteiger partial charge in [-0.1, -0.05) is 42.5 Å². The summed E-state index contributed by atoms with van der Waals surface area (Å²) in [7, 11) is 0. The van der Waals surface area contributed by atoms with Crippen molar-refractivity contribution in [1.82, 2.24) is 14.8 Å². The van der Waals surface area contributed by atoms with Gasteiger partial charge in [-0.3, -0.25) is 14.7 Å². The van der Waals surface area contributed by atoms with Crippen molar-refractivity contribution in [2.75, 3.05) is 26.2 Å². The highest BCUT2D eigenvalue weighted by Crippen LogP contribution is 2.42. The molecule has 2 aromatic rings. The molecule has 1 N–H and O–H groups in total. The zero-order chi connectivity index (χ0) is 20.9. The van der Waals surface area contributed by atoms with E-state index >= 15 is 0 Å². The van der Waals surface area contributed by atoms with E-state index in [2.05, 4.69) is 40.2 Å². The summed E-state index contributed by atoms with van der Waals surface area (Å²) < 4.78 is 0. The fraction of sp³-hybridized carbons (Fsp3) is 0.440. The highest BCUT2D eigenvalue weighted by atomic mass is 16.3. The molecule has 158 valence electrons. The topological polar surface area (TPSA) is 56.7 Å². The van der Waals surface area contributed by atoms with Gasteiger partial charge >= 0.3 is 0 Å². The number of amides is 1. The first-order chi connectivity index (χ1) is 14.7. The lowest BCUT2D eigenvalue weighted by molar-refractivity contribution is -0.135.